The molecular weight excluding hydrogens is 200 g/mol. The van der Waals surface area contributed by atoms with Crippen LogP contribution in [-0.2, 0) is 9.59 Å². The summed E-state index contributed by atoms with van der Waals surface area (Å²) in [5, 5.41) is 20.8. The molecule has 0 amide bonds. The fourth-order valence-corrected chi connectivity index (χ4v) is 2.52. The molecular formula is C9H14N2O4. The fourth-order valence-electron chi connectivity index (χ4n) is 2.52. The summed E-state index contributed by atoms with van der Waals surface area (Å²) < 4.78 is 0. The number of fused-ring (bicyclic) bond motifs is 1. The van der Waals surface area contributed by atoms with E-state index in [2.05, 4.69) is 5.32 Å². The number of rotatable bonds is 2. The number of carboxylic acid groups (broad SMARTS) is 2. The summed E-state index contributed by atoms with van der Waals surface area (Å²) in [6.45, 7) is 1.26. The molecule has 2 aliphatic rings. The minimum atomic E-state index is -1.09. The van der Waals surface area contributed by atoms with E-state index in [1.165, 1.54) is 0 Å². The van der Waals surface area contributed by atoms with Crippen LogP contribution in [0.3, 0.4) is 0 Å². The summed E-state index contributed by atoms with van der Waals surface area (Å²) in [7, 11) is 0. The molecule has 2 saturated heterocycles. The van der Waals surface area contributed by atoms with Gasteiger partial charge in [0.1, 0.15) is 12.1 Å². The van der Waals surface area contributed by atoms with Gasteiger partial charge in [-0.2, -0.15) is 0 Å². The monoisotopic (exact) mass is 214 g/mol. The molecule has 0 bridgehead atoms. The van der Waals surface area contributed by atoms with E-state index in [9.17, 15) is 9.59 Å². The number of nitrogens with zero attached hydrogens (tertiary/aromatic N) is 1. The van der Waals surface area contributed by atoms with E-state index in [1.807, 2.05) is 0 Å². The Kier molecular flexibility index (Phi) is 2.62. The summed E-state index contributed by atoms with van der Waals surface area (Å²) in [5.74, 6) is -2.14. The largest absolute Gasteiger partial charge is 0.480 e. The zero-order valence-electron chi connectivity index (χ0n) is 8.22. The van der Waals surface area contributed by atoms with E-state index in [1.54, 1.807) is 4.90 Å². The number of aliphatic carboxylic acids is 2. The predicted octanol–water partition coefficient (Wildman–Crippen LogP) is -1.04. The lowest BCUT2D eigenvalue weighted by molar-refractivity contribution is -0.155. The molecule has 2 aliphatic heterocycles. The number of nitrogens with one attached hydrogen (secondary N) is 1. The summed E-state index contributed by atoms with van der Waals surface area (Å²) in [4.78, 5) is 23.8. The standard InChI is InChI=1S/C9H14N2O4/c12-8(13)6-7(9(14)15)11-3-1-2-5(11)4-10-6/h5-7,10H,1-4H2,(H,12,13)(H,14,15). The lowest BCUT2D eigenvalue weighted by Gasteiger charge is -2.39. The Bertz CT molecular complexity index is 294. The number of piperazine rings is 1. The minimum absolute atomic E-state index is 0.182. The summed E-state index contributed by atoms with van der Waals surface area (Å²) >= 11 is 0. The Morgan fingerprint density at radius 3 is 2.60 bits per heavy atom. The first-order valence-electron chi connectivity index (χ1n) is 5.06. The van der Waals surface area contributed by atoms with Gasteiger partial charge in [0.05, 0.1) is 0 Å². The van der Waals surface area contributed by atoms with Crippen molar-refractivity contribution >= 4 is 11.9 Å². The molecule has 3 unspecified atom stereocenters. The Morgan fingerprint density at radius 2 is 2.00 bits per heavy atom. The Hall–Kier alpha value is -1.14. The first-order chi connectivity index (χ1) is 7.11. The third kappa shape index (κ3) is 1.70. The minimum Gasteiger partial charge on any atom is -0.480 e. The molecule has 15 heavy (non-hydrogen) atoms. The molecule has 0 aromatic rings. The van der Waals surface area contributed by atoms with E-state index in [0.717, 1.165) is 12.8 Å². The van der Waals surface area contributed by atoms with Crippen LogP contribution in [-0.4, -0.2) is 58.3 Å². The average molecular weight is 214 g/mol. The highest BCUT2D eigenvalue weighted by Crippen LogP contribution is 2.25. The first kappa shape index (κ1) is 10.4. The van der Waals surface area contributed by atoms with Crippen molar-refractivity contribution in [2.75, 3.05) is 13.1 Å². The van der Waals surface area contributed by atoms with Crippen LogP contribution in [0.2, 0.25) is 0 Å². The lowest BCUT2D eigenvalue weighted by Crippen LogP contribution is -2.65. The van der Waals surface area contributed by atoms with Gasteiger partial charge in [-0.25, -0.2) is 0 Å². The molecule has 3 atom stereocenters. The van der Waals surface area contributed by atoms with Crippen LogP contribution >= 0.6 is 0 Å². The van der Waals surface area contributed by atoms with E-state index in [0.29, 0.717) is 13.1 Å². The van der Waals surface area contributed by atoms with Crippen LogP contribution in [0.15, 0.2) is 0 Å². The summed E-state index contributed by atoms with van der Waals surface area (Å²) in [6.07, 6.45) is 1.89. The molecule has 0 spiro atoms. The van der Waals surface area contributed by atoms with Crippen molar-refractivity contribution in [1.29, 1.82) is 0 Å². The van der Waals surface area contributed by atoms with Crippen molar-refractivity contribution in [2.24, 2.45) is 0 Å². The van der Waals surface area contributed by atoms with Crippen LogP contribution in [0.4, 0.5) is 0 Å². The lowest BCUT2D eigenvalue weighted by atomic mass is 10.0. The highest BCUT2D eigenvalue weighted by atomic mass is 16.4. The van der Waals surface area contributed by atoms with Gasteiger partial charge in [-0.05, 0) is 19.4 Å². The van der Waals surface area contributed by atoms with Crippen LogP contribution in [0.25, 0.3) is 0 Å². The maximum atomic E-state index is 11.1. The second-order valence-electron chi connectivity index (χ2n) is 4.04. The molecule has 2 heterocycles. The van der Waals surface area contributed by atoms with Crippen LogP contribution in [0.5, 0.6) is 0 Å². The van der Waals surface area contributed by atoms with Gasteiger partial charge >= 0.3 is 11.9 Å². The van der Waals surface area contributed by atoms with Crippen LogP contribution in [0.1, 0.15) is 12.8 Å². The van der Waals surface area contributed by atoms with Crippen LogP contribution < -0.4 is 5.32 Å². The van der Waals surface area contributed by atoms with Gasteiger partial charge in [0.15, 0.2) is 0 Å². The van der Waals surface area contributed by atoms with Crippen molar-refractivity contribution in [3.63, 3.8) is 0 Å². The quantitative estimate of drug-likeness (QED) is 0.544. The number of carboxylic acids is 2. The third-order valence-corrected chi connectivity index (χ3v) is 3.19. The molecule has 6 heteroatoms. The van der Waals surface area contributed by atoms with Crippen molar-refractivity contribution in [3.05, 3.63) is 0 Å². The van der Waals surface area contributed by atoms with Gasteiger partial charge in [-0.15, -0.1) is 0 Å². The number of hydrogen-bond acceptors (Lipinski definition) is 4. The van der Waals surface area contributed by atoms with Gasteiger partial charge in [0.25, 0.3) is 0 Å². The van der Waals surface area contributed by atoms with Gasteiger partial charge < -0.3 is 15.5 Å². The number of hydrogen-bond donors (Lipinski definition) is 3. The second-order valence-corrected chi connectivity index (χ2v) is 4.04. The maximum Gasteiger partial charge on any atom is 0.323 e. The fraction of sp³-hybridized carbons (Fsp3) is 0.778. The first-order valence-corrected chi connectivity index (χ1v) is 5.06. The topological polar surface area (TPSA) is 89.9 Å². The van der Waals surface area contributed by atoms with Crippen LogP contribution in [0, 0.1) is 0 Å². The zero-order chi connectivity index (χ0) is 11.0. The van der Waals surface area contributed by atoms with E-state index in [-0.39, 0.29) is 6.04 Å². The maximum absolute atomic E-state index is 11.1. The Balaban J connectivity index is 2.21. The molecule has 2 rings (SSSR count). The third-order valence-electron chi connectivity index (χ3n) is 3.19. The van der Waals surface area contributed by atoms with E-state index < -0.39 is 24.0 Å². The molecule has 0 radical (unpaired) electrons. The molecule has 3 N–H and O–H groups in total. The highest BCUT2D eigenvalue weighted by Gasteiger charge is 2.46. The summed E-state index contributed by atoms with van der Waals surface area (Å²) in [6, 6.07) is -1.73. The van der Waals surface area contributed by atoms with Crippen molar-refractivity contribution in [1.82, 2.24) is 10.2 Å². The SMILES string of the molecule is O=C(O)C1NCC2CCCN2C1C(=O)O. The van der Waals surface area contributed by atoms with E-state index in [4.69, 9.17) is 10.2 Å². The average Bonchev–Trinajstić information content (AvgIpc) is 2.62. The van der Waals surface area contributed by atoms with Gasteiger partial charge in [0, 0.05) is 12.6 Å². The predicted molar refractivity (Wildman–Crippen MR) is 50.6 cm³/mol. The van der Waals surface area contributed by atoms with Gasteiger partial charge in [0.2, 0.25) is 0 Å². The Morgan fingerprint density at radius 1 is 1.27 bits per heavy atom. The number of carbonyl (C=O) groups is 2. The van der Waals surface area contributed by atoms with Gasteiger partial charge in [-0.3, -0.25) is 14.5 Å². The second kappa shape index (κ2) is 3.79. The smallest absolute Gasteiger partial charge is 0.323 e. The zero-order valence-corrected chi connectivity index (χ0v) is 8.22. The molecule has 2 fully saturated rings. The normalized spacial score (nSPS) is 36.1. The molecule has 0 saturated carbocycles. The van der Waals surface area contributed by atoms with E-state index >= 15 is 0 Å². The molecule has 0 aromatic heterocycles. The van der Waals surface area contributed by atoms with Crippen molar-refractivity contribution in [3.8, 4) is 0 Å². The molecule has 84 valence electrons. The molecule has 0 aliphatic carbocycles. The van der Waals surface area contributed by atoms with Crippen molar-refractivity contribution in [2.45, 2.75) is 31.0 Å². The molecule has 6 nitrogen and oxygen atoms in total. The highest BCUT2D eigenvalue weighted by molar-refractivity contribution is 5.85. The Labute approximate surface area is 86.9 Å². The summed E-state index contributed by atoms with van der Waals surface area (Å²) in [5.41, 5.74) is 0. The van der Waals surface area contributed by atoms with Crippen molar-refractivity contribution < 1.29 is 19.8 Å². The molecule has 0 aromatic carbocycles. The van der Waals surface area contributed by atoms with Gasteiger partial charge in [-0.1, -0.05) is 0 Å².